The van der Waals surface area contributed by atoms with Gasteiger partial charge in [-0.25, -0.2) is 0 Å². The molecule has 39 heavy (non-hydrogen) atoms. The molecule has 0 spiro atoms. The summed E-state index contributed by atoms with van der Waals surface area (Å²) in [6, 6.07) is 0. The van der Waals surface area contributed by atoms with Crippen LogP contribution in [0.1, 0.15) is 110 Å². The minimum atomic E-state index is -0.111. The molecule has 0 fully saturated rings. The van der Waals surface area contributed by atoms with Crippen molar-refractivity contribution in [1.29, 1.82) is 0 Å². The maximum absolute atomic E-state index is 10.4. The summed E-state index contributed by atoms with van der Waals surface area (Å²) in [7, 11) is 0. The van der Waals surface area contributed by atoms with Gasteiger partial charge in [-0.05, 0) is 164 Å². The molecular formula is C34H50O4S. The van der Waals surface area contributed by atoms with Crippen LogP contribution in [-0.2, 0) is 12.8 Å². The molecule has 2 aromatic rings. The van der Waals surface area contributed by atoms with Crippen molar-refractivity contribution in [3.63, 3.8) is 0 Å². The van der Waals surface area contributed by atoms with E-state index in [2.05, 4.69) is 39.5 Å². The highest BCUT2D eigenvalue weighted by molar-refractivity contribution is 7.99. The van der Waals surface area contributed by atoms with E-state index in [1.807, 2.05) is 27.7 Å². The van der Waals surface area contributed by atoms with Gasteiger partial charge < -0.3 is 19.7 Å². The van der Waals surface area contributed by atoms with Gasteiger partial charge in [0.25, 0.3) is 0 Å². The quantitative estimate of drug-likeness (QED) is 0.287. The Hall–Kier alpha value is -2.01. The maximum Gasteiger partial charge on any atom is 0.127 e. The Balaban J connectivity index is 1.15. The first-order valence-electron chi connectivity index (χ1n) is 15.0. The summed E-state index contributed by atoms with van der Waals surface area (Å²) in [5.74, 6) is 5.32. The number of hydrogen-bond acceptors (Lipinski definition) is 5. The normalized spacial score (nSPS) is 22.2. The number of ether oxygens (including phenoxy) is 2. The standard InChI is InChI=1S/C34H50O4S/c1-21-23(3)31-27(25(5)29(21)35)13-17-33(7,37-31)15-9-11-19-39-20-12-10-16-34(8)18-14-28-26(6)30(36)22(2)24(4)32(28)38-34/h35-36H,9-20H2,1-8H3. The molecule has 0 aromatic heterocycles. The highest BCUT2D eigenvalue weighted by Gasteiger charge is 2.35. The highest BCUT2D eigenvalue weighted by atomic mass is 32.2. The molecule has 2 atom stereocenters. The van der Waals surface area contributed by atoms with Gasteiger partial charge >= 0.3 is 0 Å². The van der Waals surface area contributed by atoms with Crippen LogP contribution in [0.4, 0.5) is 0 Å². The molecule has 2 aromatic carbocycles. The third-order valence-electron chi connectivity index (χ3n) is 9.67. The van der Waals surface area contributed by atoms with Crippen molar-refractivity contribution in [2.75, 3.05) is 11.5 Å². The zero-order chi connectivity index (χ0) is 28.5. The summed E-state index contributed by atoms with van der Waals surface area (Å²) in [4.78, 5) is 0. The van der Waals surface area contributed by atoms with E-state index in [1.54, 1.807) is 0 Å². The Morgan fingerprint density at radius 3 is 1.36 bits per heavy atom. The van der Waals surface area contributed by atoms with Crippen LogP contribution in [0.5, 0.6) is 23.0 Å². The minimum absolute atomic E-state index is 0.111. The molecule has 0 aliphatic carbocycles. The third kappa shape index (κ3) is 6.19. The molecule has 4 rings (SSSR count). The molecule has 2 aliphatic rings. The van der Waals surface area contributed by atoms with Crippen molar-refractivity contribution in [2.24, 2.45) is 0 Å². The lowest BCUT2D eigenvalue weighted by Gasteiger charge is -2.38. The Kier molecular flexibility index (Phi) is 9.10. The smallest absolute Gasteiger partial charge is 0.127 e. The minimum Gasteiger partial charge on any atom is -0.507 e. The maximum atomic E-state index is 10.4. The average Bonchev–Trinajstić information content (AvgIpc) is 2.91. The fraction of sp³-hybridized carbons (Fsp3) is 0.647. The molecule has 216 valence electrons. The fourth-order valence-electron chi connectivity index (χ4n) is 6.45. The van der Waals surface area contributed by atoms with E-state index in [0.717, 1.165) is 83.4 Å². The highest BCUT2D eigenvalue weighted by Crippen LogP contribution is 2.45. The van der Waals surface area contributed by atoms with Crippen molar-refractivity contribution in [3.8, 4) is 23.0 Å². The summed E-state index contributed by atoms with van der Waals surface area (Å²) in [6.45, 7) is 16.7. The predicted molar refractivity (Wildman–Crippen MR) is 164 cm³/mol. The van der Waals surface area contributed by atoms with Crippen molar-refractivity contribution in [1.82, 2.24) is 0 Å². The van der Waals surface area contributed by atoms with Gasteiger partial charge in [0.15, 0.2) is 0 Å². The van der Waals surface area contributed by atoms with Gasteiger partial charge in [0.05, 0.1) is 0 Å². The molecule has 0 saturated carbocycles. The number of rotatable bonds is 10. The molecule has 0 bridgehead atoms. The van der Waals surface area contributed by atoms with Gasteiger partial charge in [-0.1, -0.05) is 0 Å². The molecule has 2 aliphatic heterocycles. The summed E-state index contributed by atoms with van der Waals surface area (Å²) in [5, 5.41) is 20.9. The summed E-state index contributed by atoms with van der Waals surface area (Å²) in [5.41, 5.74) is 8.21. The molecule has 2 N–H and O–H groups in total. The predicted octanol–water partition coefficient (Wildman–Crippen LogP) is 8.89. The summed E-state index contributed by atoms with van der Waals surface area (Å²) >= 11 is 2.08. The molecule has 4 nitrogen and oxygen atoms in total. The summed E-state index contributed by atoms with van der Waals surface area (Å²) in [6.07, 6.45) is 11.0. The van der Waals surface area contributed by atoms with E-state index in [0.29, 0.717) is 11.5 Å². The van der Waals surface area contributed by atoms with E-state index >= 15 is 0 Å². The average molecular weight is 555 g/mol. The fourth-order valence-corrected chi connectivity index (χ4v) is 7.47. The van der Waals surface area contributed by atoms with Crippen LogP contribution in [0, 0.1) is 41.5 Å². The monoisotopic (exact) mass is 554 g/mol. The van der Waals surface area contributed by atoms with Crippen LogP contribution in [0.2, 0.25) is 0 Å². The van der Waals surface area contributed by atoms with E-state index < -0.39 is 0 Å². The van der Waals surface area contributed by atoms with Crippen LogP contribution >= 0.6 is 11.8 Å². The Bertz CT molecular complexity index is 1130. The van der Waals surface area contributed by atoms with Crippen molar-refractivity contribution < 1.29 is 19.7 Å². The first-order valence-corrected chi connectivity index (χ1v) is 16.1. The number of fused-ring (bicyclic) bond motifs is 2. The topological polar surface area (TPSA) is 58.9 Å². The van der Waals surface area contributed by atoms with E-state index in [4.69, 9.17) is 9.47 Å². The second-order valence-electron chi connectivity index (χ2n) is 12.7. The van der Waals surface area contributed by atoms with E-state index in [9.17, 15) is 10.2 Å². The Labute approximate surface area is 240 Å². The number of hydrogen-bond donors (Lipinski definition) is 2. The lowest BCUT2D eigenvalue weighted by molar-refractivity contribution is 0.0526. The lowest BCUT2D eigenvalue weighted by atomic mass is 9.85. The van der Waals surface area contributed by atoms with Gasteiger partial charge in [0.1, 0.15) is 34.2 Å². The number of thioether (sulfide) groups is 1. The van der Waals surface area contributed by atoms with Crippen LogP contribution < -0.4 is 9.47 Å². The Morgan fingerprint density at radius 1 is 0.590 bits per heavy atom. The van der Waals surface area contributed by atoms with Crippen molar-refractivity contribution in [2.45, 2.75) is 131 Å². The zero-order valence-corrected chi connectivity index (χ0v) is 26.4. The summed E-state index contributed by atoms with van der Waals surface area (Å²) < 4.78 is 13.2. The molecule has 0 saturated heterocycles. The molecule has 0 amide bonds. The molecule has 2 unspecified atom stereocenters. The molecular weight excluding hydrogens is 504 g/mol. The second kappa shape index (κ2) is 11.8. The van der Waals surface area contributed by atoms with Crippen molar-refractivity contribution >= 4 is 11.8 Å². The Morgan fingerprint density at radius 2 is 0.974 bits per heavy atom. The number of aromatic hydroxyl groups is 2. The van der Waals surface area contributed by atoms with Crippen LogP contribution in [0.3, 0.4) is 0 Å². The van der Waals surface area contributed by atoms with Gasteiger partial charge in [0, 0.05) is 11.1 Å². The lowest BCUT2D eigenvalue weighted by Crippen LogP contribution is -2.37. The zero-order valence-electron chi connectivity index (χ0n) is 25.6. The van der Waals surface area contributed by atoms with Gasteiger partial charge in [-0.3, -0.25) is 0 Å². The molecule has 2 heterocycles. The third-order valence-corrected chi connectivity index (χ3v) is 10.8. The molecule has 0 radical (unpaired) electrons. The number of benzene rings is 2. The van der Waals surface area contributed by atoms with Gasteiger partial charge in [-0.15, -0.1) is 0 Å². The van der Waals surface area contributed by atoms with Crippen LogP contribution in [-0.4, -0.2) is 32.9 Å². The van der Waals surface area contributed by atoms with Crippen LogP contribution in [0.15, 0.2) is 0 Å². The van der Waals surface area contributed by atoms with E-state index in [1.165, 1.54) is 48.3 Å². The largest absolute Gasteiger partial charge is 0.507 e. The second-order valence-corrected chi connectivity index (χ2v) is 13.9. The number of unbranched alkanes of at least 4 members (excludes halogenated alkanes) is 2. The van der Waals surface area contributed by atoms with E-state index in [-0.39, 0.29) is 11.2 Å². The number of phenols is 2. The van der Waals surface area contributed by atoms with Gasteiger partial charge in [-0.2, -0.15) is 11.8 Å². The SMILES string of the molecule is Cc1c(C)c2c(c(C)c1O)CCC(C)(CCCCSCCCCC1(C)CCc3c(C)c(O)c(C)c(C)c3O1)O2. The first-order chi connectivity index (χ1) is 18.4. The van der Waals surface area contributed by atoms with Crippen molar-refractivity contribution in [3.05, 3.63) is 44.5 Å². The first kappa shape index (κ1) is 30.0. The van der Waals surface area contributed by atoms with Crippen LogP contribution in [0.25, 0.3) is 0 Å². The van der Waals surface area contributed by atoms with Gasteiger partial charge in [0.2, 0.25) is 0 Å². The molecule has 5 heteroatoms. The number of phenolic OH excluding ortho intramolecular Hbond substituents is 2.